The summed E-state index contributed by atoms with van der Waals surface area (Å²) >= 11 is 0. The van der Waals surface area contributed by atoms with Gasteiger partial charge < -0.3 is 14.8 Å². The maximum Gasteiger partial charge on any atom is 0.282 e. The van der Waals surface area contributed by atoms with E-state index in [0.29, 0.717) is 28.4 Å². The number of carbonyl (C=O) groups excluding carboxylic acids is 2. The summed E-state index contributed by atoms with van der Waals surface area (Å²) in [7, 11) is 2.99. The molecular weight excluding hydrogens is 411 g/mol. The minimum absolute atomic E-state index is 0.0661. The van der Waals surface area contributed by atoms with Crippen LogP contribution >= 0.6 is 0 Å². The van der Waals surface area contributed by atoms with Crippen LogP contribution < -0.4 is 19.7 Å². The van der Waals surface area contributed by atoms with Crippen molar-refractivity contribution in [3.8, 4) is 11.5 Å². The van der Waals surface area contributed by atoms with Crippen LogP contribution in [0.25, 0.3) is 5.57 Å². The molecule has 3 aromatic carbocycles. The number of nitrogens with zero attached hydrogens (tertiary/aromatic N) is 1. The molecule has 32 heavy (non-hydrogen) atoms. The van der Waals surface area contributed by atoms with Gasteiger partial charge in [0.2, 0.25) is 0 Å². The Morgan fingerprint density at radius 3 is 2.22 bits per heavy atom. The normalized spacial score (nSPS) is 13.6. The summed E-state index contributed by atoms with van der Waals surface area (Å²) in [5.41, 5.74) is 2.40. The number of methoxy groups -OCH3 is 2. The zero-order valence-corrected chi connectivity index (χ0v) is 17.8. The maximum atomic E-state index is 13.5. The molecule has 0 saturated heterocycles. The van der Waals surface area contributed by atoms with Crippen LogP contribution in [-0.2, 0) is 9.59 Å². The number of ether oxygens (including phenoxy) is 2. The van der Waals surface area contributed by atoms with Crippen LogP contribution in [-0.4, -0.2) is 26.0 Å². The second kappa shape index (κ2) is 8.55. The van der Waals surface area contributed by atoms with Crippen molar-refractivity contribution in [2.45, 2.75) is 6.92 Å². The Morgan fingerprint density at radius 2 is 1.53 bits per heavy atom. The molecule has 0 saturated carbocycles. The Morgan fingerprint density at radius 1 is 0.844 bits per heavy atom. The van der Waals surface area contributed by atoms with Crippen molar-refractivity contribution in [2.24, 2.45) is 0 Å². The second-order valence-corrected chi connectivity index (χ2v) is 7.20. The number of hydrogen-bond acceptors (Lipinski definition) is 5. The highest BCUT2D eigenvalue weighted by atomic mass is 19.1. The smallest absolute Gasteiger partial charge is 0.282 e. The van der Waals surface area contributed by atoms with Crippen LogP contribution in [0.15, 0.2) is 72.4 Å². The van der Waals surface area contributed by atoms with Gasteiger partial charge in [-0.3, -0.25) is 9.59 Å². The second-order valence-electron chi connectivity index (χ2n) is 7.20. The van der Waals surface area contributed by atoms with Crippen LogP contribution in [0.4, 0.5) is 15.8 Å². The predicted octanol–water partition coefficient (Wildman–Crippen LogP) is 4.55. The summed E-state index contributed by atoms with van der Waals surface area (Å²) in [6, 6.07) is 17.7. The Balaban J connectivity index is 1.87. The highest BCUT2D eigenvalue weighted by Gasteiger charge is 2.41. The van der Waals surface area contributed by atoms with E-state index in [-0.39, 0.29) is 11.3 Å². The number of imide groups is 1. The lowest BCUT2D eigenvalue weighted by Gasteiger charge is -2.18. The minimum Gasteiger partial charge on any atom is -0.495 e. The number of amides is 2. The first-order valence-corrected chi connectivity index (χ1v) is 9.88. The summed E-state index contributed by atoms with van der Waals surface area (Å²) in [4.78, 5) is 28.1. The standard InChI is InChI=1S/C25H21FN2O4/c1-15-8-13-20(31-2)18(14-15)27-23-22(16-9-11-17(26)12-10-16)24(29)28(25(23)30)19-6-4-5-7-21(19)32-3/h4-14,27H,1-3H3. The molecule has 0 aliphatic carbocycles. The average Bonchev–Trinajstić information content (AvgIpc) is 3.04. The number of nitrogens with one attached hydrogen (secondary N) is 1. The van der Waals surface area contributed by atoms with Crippen molar-refractivity contribution in [2.75, 3.05) is 24.4 Å². The molecule has 1 N–H and O–H groups in total. The Bertz CT molecular complexity index is 1230. The van der Waals surface area contributed by atoms with Crippen molar-refractivity contribution in [1.29, 1.82) is 0 Å². The zero-order valence-electron chi connectivity index (χ0n) is 17.8. The maximum absolute atomic E-state index is 13.5. The van der Waals surface area contributed by atoms with Gasteiger partial charge >= 0.3 is 0 Å². The summed E-state index contributed by atoms with van der Waals surface area (Å²) in [5.74, 6) is -0.648. The van der Waals surface area contributed by atoms with Gasteiger partial charge in [-0.1, -0.05) is 30.3 Å². The molecule has 2 amide bonds. The predicted molar refractivity (Wildman–Crippen MR) is 120 cm³/mol. The van der Waals surface area contributed by atoms with E-state index in [1.165, 1.54) is 38.5 Å². The van der Waals surface area contributed by atoms with E-state index < -0.39 is 17.6 Å². The Kier molecular flexibility index (Phi) is 5.64. The van der Waals surface area contributed by atoms with Gasteiger partial charge in [-0.25, -0.2) is 9.29 Å². The van der Waals surface area contributed by atoms with E-state index in [2.05, 4.69) is 5.32 Å². The molecule has 6 nitrogen and oxygen atoms in total. The van der Waals surface area contributed by atoms with Crippen molar-refractivity contribution in [3.63, 3.8) is 0 Å². The molecule has 3 aromatic rings. The summed E-state index contributed by atoms with van der Waals surface area (Å²) in [6.45, 7) is 1.91. The molecule has 0 bridgehead atoms. The number of para-hydroxylation sites is 2. The lowest BCUT2D eigenvalue weighted by Crippen LogP contribution is -2.32. The van der Waals surface area contributed by atoms with Crippen molar-refractivity contribution >= 4 is 28.8 Å². The lowest BCUT2D eigenvalue weighted by atomic mass is 10.0. The molecule has 0 atom stereocenters. The summed E-state index contributed by atoms with van der Waals surface area (Å²) in [5, 5.41) is 3.09. The number of aryl methyl sites for hydroxylation is 1. The monoisotopic (exact) mass is 432 g/mol. The van der Waals surface area contributed by atoms with E-state index in [1.807, 2.05) is 19.1 Å². The van der Waals surface area contributed by atoms with Crippen LogP contribution in [0, 0.1) is 12.7 Å². The molecule has 7 heteroatoms. The number of halogens is 1. The van der Waals surface area contributed by atoms with Gasteiger partial charge in [-0.2, -0.15) is 0 Å². The van der Waals surface area contributed by atoms with Crippen molar-refractivity contribution in [1.82, 2.24) is 0 Å². The molecule has 0 fully saturated rings. The Labute approximate surface area is 184 Å². The zero-order chi connectivity index (χ0) is 22.8. The highest BCUT2D eigenvalue weighted by molar-refractivity contribution is 6.46. The molecule has 0 radical (unpaired) electrons. The van der Waals surface area contributed by atoms with Crippen LogP contribution in [0.3, 0.4) is 0 Å². The van der Waals surface area contributed by atoms with Gasteiger partial charge in [0.05, 0.1) is 31.2 Å². The third kappa shape index (κ3) is 3.69. The molecule has 162 valence electrons. The molecule has 0 aromatic heterocycles. The fourth-order valence-electron chi connectivity index (χ4n) is 3.62. The first kappa shape index (κ1) is 21.1. The third-order valence-electron chi connectivity index (χ3n) is 5.16. The number of rotatable bonds is 6. The largest absolute Gasteiger partial charge is 0.495 e. The topological polar surface area (TPSA) is 67.9 Å². The van der Waals surface area contributed by atoms with Crippen molar-refractivity contribution in [3.05, 3.63) is 89.4 Å². The summed E-state index contributed by atoms with van der Waals surface area (Å²) in [6.07, 6.45) is 0. The minimum atomic E-state index is -0.553. The molecule has 1 aliphatic heterocycles. The highest BCUT2D eigenvalue weighted by Crippen LogP contribution is 2.38. The lowest BCUT2D eigenvalue weighted by molar-refractivity contribution is -0.120. The van der Waals surface area contributed by atoms with E-state index in [0.717, 1.165) is 10.5 Å². The molecular formula is C25H21FN2O4. The SMILES string of the molecule is COc1ccc(C)cc1NC1=C(c2ccc(F)cc2)C(=O)N(c2ccccc2OC)C1=O. The average molecular weight is 432 g/mol. The van der Waals surface area contributed by atoms with Crippen LogP contribution in [0.1, 0.15) is 11.1 Å². The van der Waals surface area contributed by atoms with Crippen LogP contribution in [0.5, 0.6) is 11.5 Å². The number of benzene rings is 3. The molecule has 1 aliphatic rings. The van der Waals surface area contributed by atoms with Gasteiger partial charge in [0.1, 0.15) is 23.0 Å². The number of anilines is 2. The molecule has 4 rings (SSSR count). The summed E-state index contributed by atoms with van der Waals surface area (Å²) < 4.78 is 24.3. The van der Waals surface area contributed by atoms with Gasteiger partial charge in [0.25, 0.3) is 11.8 Å². The molecule has 0 spiro atoms. The number of carbonyl (C=O) groups is 2. The third-order valence-corrected chi connectivity index (χ3v) is 5.16. The molecule has 1 heterocycles. The van der Waals surface area contributed by atoms with E-state index in [4.69, 9.17) is 9.47 Å². The van der Waals surface area contributed by atoms with E-state index >= 15 is 0 Å². The van der Waals surface area contributed by atoms with E-state index in [1.54, 1.807) is 30.3 Å². The Hall–Kier alpha value is -4.13. The quantitative estimate of drug-likeness (QED) is 0.579. The van der Waals surface area contributed by atoms with Gasteiger partial charge in [-0.05, 0) is 54.4 Å². The fourth-order valence-corrected chi connectivity index (χ4v) is 3.62. The van der Waals surface area contributed by atoms with Gasteiger partial charge in [0, 0.05) is 0 Å². The van der Waals surface area contributed by atoms with Crippen molar-refractivity contribution < 1.29 is 23.5 Å². The first-order chi connectivity index (χ1) is 15.4. The first-order valence-electron chi connectivity index (χ1n) is 9.88. The number of hydrogen-bond donors (Lipinski definition) is 1. The van der Waals surface area contributed by atoms with Gasteiger partial charge in [-0.15, -0.1) is 0 Å². The fraction of sp³-hybridized carbons (Fsp3) is 0.120. The molecule has 0 unspecified atom stereocenters. The van der Waals surface area contributed by atoms with Crippen LogP contribution in [0.2, 0.25) is 0 Å². The van der Waals surface area contributed by atoms with Gasteiger partial charge in [0.15, 0.2) is 0 Å². The van der Waals surface area contributed by atoms with E-state index in [9.17, 15) is 14.0 Å².